The van der Waals surface area contributed by atoms with E-state index in [-0.39, 0.29) is 0 Å². The Balaban J connectivity index is 1.89. The van der Waals surface area contributed by atoms with Crippen molar-refractivity contribution in [1.82, 2.24) is 5.32 Å². The molecule has 1 aromatic rings. The average Bonchev–Trinajstić information content (AvgIpc) is 2.47. The van der Waals surface area contributed by atoms with Crippen LogP contribution >= 0.6 is 23.5 Å². The fraction of sp³-hybridized carbons (Fsp3) is 0.600. The average molecular weight is 297 g/mol. The van der Waals surface area contributed by atoms with Gasteiger partial charge in [-0.15, -0.1) is 0 Å². The Labute approximate surface area is 125 Å². The number of nitrogens with one attached hydrogen (secondary N) is 1. The highest BCUT2D eigenvalue weighted by molar-refractivity contribution is 8.06. The summed E-state index contributed by atoms with van der Waals surface area (Å²) in [5.41, 5.74) is 1.26. The monoisotopic (exact) mass is 297 g/mol. The molecular weight excluding hydrogens is 274 g/mol. The largest absolute Gasteiger partial charge is 0.494 e. The molecule has 0 spiro atoms. The molecule has 4 heteroatoms. The highest BCUT2D eigenvalue weighted by Gasteiger charge is 2.16. The van der Waals surface area contributed by atoms with Gasteiger partial charge in [0, 0.05) is 40.7 Å². The second-order valence-electron chi connectivity index (χ2n) is 4.67. The van der Waals surface area contributed by atoms with Crippen molar-refractivity contribution >= 4 is 23.5 Å². The fourth-order valence-corrected chi connectivity index (χ4v) is 4.82. The van der Waals surface area contributed by atoms with Crippen molar-refractivity contribution in [1.29, 1.82) is 0 Å². The number of benzene rings is 1. The minimum atomic E-state index is 0.343. The topological polar surface area (TPSA) is 21.3 Å². The zero-order valence-corrected chi connectivity index (χ0v) is 13.4. The number of hydrogen-bond acceptors (Lipinski definition) is 4. The van der Waals surface area contributed by atoms with Crippen molar-refractivity contribution < 1.29 is 4.74 Å². The van der Waals surface area contributed by atoms with Crippen LogP contribution in [0.2, 0.25) is 0 Å². The van der Waals surface area contributed by atoms with Gasteiger partial charge in [-0.1, -0.05) is 18.2 Å². The van der Waals surface area contributed by atoms with Gasteiger partial charge in [-0.25, -0.2) is 0 Å². The van der Waals surface area contributed by atoms with E-state index in [1.54, 1.807) is 0 Å². The van der Waals surface area contributed by atoms with Crippen LogP contribution in [-0.4, -0.2) is 35.7 Å². The first-order valence-corrected chi connectivity index (χ1v) is 9.16. The lowest BCUT2D eigenvalue weighted by Crippen LogP contribution is -2.31. The second kappa shape index (κ2) is 8.08. The van der Waals surface area contributed by atoms with E-state index in [4.69, 9.17) is 4.74 Å². The quantitative estimate of drug-likeness (QED) is 0.866. The van der Waals surface area contributed by atoms with Crippen molar-refractivity contribution in [2.24, 2.45) is 0 Å². The molecule has 0 radical (unpaired) electrons. The van der Waals surface area contributed by atoms with Gasteiger partial charge in [0.05, 0.1) is 6.61 Å². The Kier molecular flexibility index (Phi) is 6.41. The lowest BCUT2D eigenvalue weighted by molar-refractivity contribution is 0.332. The van der Waals surface area contributed by atoms with E-state index in [2.05, 4.69) is 54.0 Å². The number of rotatable bonds is 6. The van der Waals surface area contributed by atoms with Crippen molar-refractivity contribution in [3.8, 4) is 5.75 Å². The van der Waals surface area contributed by atoms with Crippen molar-refractivity contribution in [3.63, 3.8) is 0 Å². The molecule has 1 heterocycles. The summed E-state index contributed by atoms with van der Waals surface area (Å²) >= 11 is 4.18. The van der Waals surface area contributed by atoms with E-state index in [1.807, 2.05) is 13.0 Å². The van der Waals surface area contributed by atoms with E-state index >= 15 is 0 Å². The van der Waals surface area contributed by atoms with Crippen LogP contribution in [0.15, 0.2) is 24.3 Å². The van der Waals surface area contributed by atoms with Gasteiger partial charge in [0.2, 0.25) is 0 Å². The van der Waals surface area contributed by atoms with E-state index in [9.17, 15) is 0 Å². The molecule has 1 N–H and O–H groups in total. The standard InChI is InChI=1S/C15H23NOS2/c1-3-17-15-7-5-4-6-14(15)12(2)16-10-13-11-18-8-9-19-13/h4-7,12-13,16H,3,8-11H2,1-2H3. The summed E-state index contributed by atoms with van der Waals surface area (Å²) in [7, 11) is 0. The van der Waals surface area contributed by atoms with E-state index in [0.29, 0.717) is 6.04 Å². The normalized spacial score (nSPS) is 21.1. The molecule has 19 heavy (non-hydrogen) atoms. The van der Waals surface area contributed by atoms with Crippen LogP contribution in [0.4, 0.5) is 0 Å². The van der Waals surface area contributed by atoms with Gasteiger partial charge < -0.3 is 10.1 Å². The maximum atomic E-state index is 5.70. The number of hydrogen-bond donors (Lipinski definition) is 1. The Hall–Kier alpha value is -0.320. The third kappa shape index (κ3) is 4.62. The van der Waals surface area contributed by atoms with Crippen LogP contribution in [-0.2, 0) is 0 Å². The van der Waals surface area contributed by atoms with Gasteiger partial charge in [0.1, 0.15) is 5.75 Å². The van der Waals surface area contributed by atoms with Gasteiger partial charge in [0.15, 0.2) is 0 Å². The first kappa shape index (κ1) is 15.1. The van der Waals surface area contributed by atoms with Crippen LogP contribution in [0.25, 0.3) is 0 Å². The van der Waals surface area contributed by atoms with Gasteiger partial charge in [0.25, 0.3) is 0 Å². The van der Waals surface area contributed by atoms with E-state index in [1.165, 1.54) is 22.8 Å². The third-order valence-corrected chi connectivity index (χ3v) is 6.07. The van der Waals surface area contributed by atoms with Gasteiger partial charge in [-0.2, -0.15) is 23.5 Å². The Bertz CT molecular complexity index is 380. The molecule has 0 bridgehead atoms. The molecule has 0 aromatic heterocycles. The molecule has 2 unspecified atom stereocenters. The molecule has 1 aliphatic rings. The Morgan fingerprint density at radius 2 is 2.21 bits per heavy atom. The molecule has 106 valence electrons. The van der Waals surface area contributed by atoms with Crippen molar-refractivity contribution in [3.05, 3.63) is 29.8 Å². The zero-order chi connectivity index (χ0) is 13.5. The zero-order valence-electron chi connectivity index (χ0n) is 11.7. The maximum Gasteiger partial charge on any atom is 0.124 e. The summed E-state index contributed by atoms with van der Waals surface area (Å²) in [6.45, 7) is 6.06. The maximum absolute atomic E-state index is 5.70. The van der Waals surface area contributed by atoms with Crippen molar-refractivity contribution in [2.75, 3.05) is 30.4 Å². The summed E-state index contributed by atoms with van der Waals surface area (Å²) in [5, 5.41) is 4.40. The molecule has 1 aliphatic heterocycles. The predicted octanol–water partition coefficient (Wildman–Crippen LogP) is 3.58. The molecule has 2 nitrogen and oxygen atoms in total. The first-order chi connectivity index (χ1) is 9.31. The van der Waals surface area contributed by atoms with Crippen LogP contribution in [0.5, 0.6) is 5.75 Å². The highest BCUT2D eigenvalue weighted by Crippen LogP contribution is 2.27. The lowest BCUT2D eigenvalue weighted by atomic mass is 10.1. The van der Waals surface area contributed by atoms with Crippen LogP contribution in [0, 0.1) is 0 Å². The summed E-state index contributed by atoms with van der Waals surface area (Å²) < 4.78 is 5.70. The smallest absolute Gasteiger partial charge is 0.124 e. The molecule has 0 amide bonds. The minimum absolute atomic E-state index is 0.343. The second-order valence-corrected chi connectivity index (χ2v) is 7.23. The highest BCUT2D eigenvalue weighted by atomic mass is 32.2. The number of ether oxygens (including phenoxy) is 1. The van der Waals surface area contributed by atoms with Crippen LogP contribution in [0.1, 0.15) is 25.5 Å². The molecule has 2 atom stereocenters. The third-order valence-electron chi connectivity index (χ3n) is 3.22. The number of thioether (sulfide) groups is 2. The molecule has 0 aliphatic carbocycles. The van der Waals surface area contributed by atoms with Crippen molar-refractivity contribution in [2.45, 2.75) is 25.1 Å². The summed E-state index contributed by atoms with van der Waals surface area (Å²) in [4.78, 5) is 0. The SMILES string of the molecule is CCOc1ccccc1C(C)NCC1CSCCS1. The molecule has 1 aromatic carbocycles. The molecular formula is C15H23NOS2. The molecule has 0 saturated carbocycles. The fourth-order valence-electron chi connectivity index (χ4n) is 2.20. The van der Waals surface area contributed by atoms with Crippen LogP contribution < -0.4 is 10.1 Å². The van der Waals surface area contributed by atoms with Gasteiger partial charge in [-0.05, 0) is 19.9 Å². The first-order valence-electron chi connectivity index (χ1n) is 6.95. The van der Waals surface area contributed by atoms with E-state index in [0.717, 1.165) is 24.2 Å². The van der Waals surface area contributed by atoms with Crippen LogP contribution in [0.3, 0.4) is 0 Å². The summed E-state index contributed by atoms with van der Waals surface area (Å²) in [6, 6.07) is 8.68. The minimum Gasteiger partial charge on any atom is -0.494 e. The summed E-state index contributed by atoms with van der Waals surface area (Å²) in [6.07, 6.45) is 0. The summed E-state index contributed by atoms with van der Waals surface area (Å²) in [5.74, 6) is 4.89. The van der Waals surface area contributed by atoms with Gasteiger partial charge in [-0.3, -0.25) is 0 Å². The number of para-hydroxylation sites is 1. The molecule has 1 saturated heterocycles. The van der Waals surface area contributed by atoms with E-state index < -0.39 is 0 Å². The van der Waals surface area contributed by atoms with Gasteiger partial charge >= 0.3 is 0 Å². The Morgan fingerprint density at radius 3 is 2.95 bits per heavy atom. The molecule has 2 rings (SSSR count). The molecule has 1 fully saturated rings. The predicted molar refractivity (Wildman–Crippen MR) is 87.6 cm³/mol. The lowest BCUT2D eigenvalue weighted by Gasteiger charge is -2.24. The Morgan fingerprint density at radius 1 is 1.37 bits per heavy atom.